The first-order valence-electron chi connectivity index (χ1n) is 9.22. The molecule has 1 aliphatic rings. The van der Waals surface area contributed by atoms with E-state index in [4.69, 9.17) is 4.74 Å². The van der Waals surface area contributed by atoms with Crippen LogP contribution in [0.3, 0.4) is 0 Å². The molecule has 5 nitrogen and oxygen atoms in total. The Morgan fingerprint density at radius 1 is 1.26 bits per heavy atom. The molecule has 152 valence electrons. The molecule has 8 heteroatoms. The van der Waals surface area contributed by atoms with Gasteiger partial charge in [0.1, 0.15) is 0 Å². The Balaban J connectivity index is 1.77. The second-order valence-electron chi connectivity index (χ2n) is 7.15. The van der Waals surface area contributed by atoms with E-state index in [-0.39, 0.29) is 6.10 Å². The monoisotopic (exact) mass is 386 g/mol. The van der Waals surface area contributed by atoms with Gasteiger partial charge >= 0.3 is 6.18 Å². The van der Waals surface area contributed by atoms with Gasteiger partial charge in [-0.1, -0.05) is 26.0 Å². The maximum atomic E-state index is 12.6. The topological polar surface area (TPSA) is 48.9 Å². The molecule has 2 rings (SSSR count). The van der Waals surface area contributed by atoms with Gasteiger partial charge in [0, 0.05) is 39.8 Å². The molecule has 27 heavy (non-hydrogen) atoms. The van der Waals surface area contributed by atoms with Crippen LogP contribution in [0, 0.1) is 5.92 Å². The highest BCUT2D eigenvalue weighted by atomic mass is 19.4. The highest BCUT2D eigenvalue weighted by Crippen LogP contribution is 2.29. The number of rotatable bonds is 6. The summed E-state index contributed by atoms with van der Waals surface area (Å²) in [4.78, 5) is 6.56. The third kappa shape index (κ3) is 7.38. The quantitative estimate of drug-likeness (QED) is 0.583. The van der Waals surface area contributed by atoms with Crippen molar-refractivity contribution < 1.29 is 17.9 Å². The molecule has 0 radical (unpaired) electrons. The Kier molecular flexibility index (Phi) is 7.91. The van der Waals surface area contributed by atoms with Gasteiger partial charge in [0.2, 0.25) is 0 Å². The normalized spacial score (nSPS) is 19.4. The molecular formula is C19H29F3N4O. The summed E-state index contributed by atoms with van der Waals surface area (Å²) in [7, 11) is 1.66. The molecule has 1 aromatic carbocycles. The summed E-state index contributed by atoms with van der Waals surface area (Å²) in [5, 5.41) is 6.34. The Labute approximate surface area is 159 Å². The van der Waals surface area contributed by atoms with Crippen LogP contribution >= 0.6 is 0 Å². The molecule has 1 aliphatic heterocycles. The molecule has 1 saturated heterocycles. The SMILES string of the molecule is CN=C(NCc1ccc(C(F)(F)F)cc1)NCC1CN(CC(C)C)CCO1. The minimum absolute atomic E-state index is 0.0853. The summed E-state index contributed by atoms with van der Waals surface area (Å²) in [5.41, 5.74) is 0.108. The van der Waals surface area contributed by atoms with E-state index in [0.717, 1.165) is 43.9 Å². The van der Waals surface area contributed by atoms with Crippen molar-refractivity contribution in [2.24, 2.45) is 10.9 Å². The standard InChI is InChI=1S/C19H29F3N4O/c1-14(2)12-26-8-9-27-17(13-26)11-25-18(23-3)24-10-15-4-6-16(7-5-15)19(20,21)22/h4-7,14,17H,8-13H2,1-3H3,(H2,23,24,25). The molecule has 1 heterocycles. The number of halogens is 3. The summed E-state index contributed by atoms with van der Waals surface area (Å²) < 4.78 is 43.6. The average molecular weight is 386 g/mol. The van der Waals surface area contributed by atoms with E-state index >= 15 is 0 Å². The molecule has 1 fully saturated rings. The lowest BCUT2D eigenvalue weighted by Gasteiger charge is -2.34. The Morgan fingerprint density at radius 3 is 2.56 bits per heavy atom. The van der Waals surface area contributed by atoms with Crippen molar-refractivity contribution in [2.45, 2.75) is 32.7 Å². The third-order valence-electron chi connectivity index (χ3n) is 4.31. The fraction of sp³-hybridized carbons (Fsp3) is 0.632. The smallest absolute Gasteiger partial charge is 0.374 e. The van der Waals surface area contributed by atoms with E-state index in [1.165, 1.54) is 12.1 Å². The summed E-state index contributed by atoms with van der Waals surface area (Å²) in [6, 6.07) is 5.12. The lowest BCUT2D eigenvalue weighted by molar-refractivity contribution is -0.137. The summed E-state index contributed by atoms with van der Waals surface area (Å²) >= 11 is 0. The largest absolute Gasteiger partial charge is 0.416 e. The first kappa shape index (κ1) is 21.5. The number of morpholine rings is 1. The number of benzene rings is 1. The maximum Gasteiger partial charge on any atom is 0.416 e. The molecule has 0 aliphatic carbocycles. The van der Waals surface area contributed by atoms with Crippen LogP contribution < -0.4 is 10.6 Å². The number of hydrogen-bond donors (Lipinski definition) is 2. The molecule has 1 unspecified atom stereocenters. The zero-order valence-corrected chi connectivity index (χ0v) is 16.1. The highest BCUT2D eigenvalue weighted by Gasteiger charge is 2.29. The molecule has 0 aromatic heterocycles. The van der Waals surface area contributed by atoms with Crippen molar-refractivity contribution in [3.63, 3.8) is 0 Å². The molecule has 2 N–H and O–H groups in total. The van der Waals surface area contributed by atoms with Crippen LogP contribution in [0.5, 0.6) is 0 Å². The maximum absolute atomic E-state index is 12.6. The molecule has 0 spiro atoms. The molecule has 0 bridgehead atoms. The average Bonchev–Trinajstić information content (AvgIpc) is 2.61. The van der Waals surface area contributed by atoms with Crippen LogP contribution in [0.25, 0.3) is 0 Å². The van der Waals surface area contributed by atoms with Gasteiger partial charge in [0.15, 0.2) is 5.96 Å². The predicted molar refractivity (Wildman–Crippen MR) is 101 cm³/mol. The fourth-order valence-corrected chi connectivity index (χ4v) is 3.01. The number of nitrogens with zero attached hydrogens (tertiary/aromatic N) is 2. The lowest BCUT2D eigenvalue weighted by atomic mass is 10.1. The number of hydrogen-bond acceptors (Lipinski definition) is 3. The zero-order chi connectivity index (χ0) is 19.9. The molecule has 0 amide bonds. The number of ether oxygens (including phenoxy) is 1. The lowest BCUT2D eigenvalue weighted by Crippen LogP contribution is -2.50. The van der Waals surface area contributed by atoms with E-state index in [0.29, 0.717) is 25.0 Å². The van der Waals surface area contributed by atoms with Crippen molar-refractivity contribution in [3.05, 3.63) is 35.4 Å². The van der Waals surface area contributed by atoms with Gasteiger partial charge in [0.25, 0.3) is 0 Å². The van der Waals surface area contributed by atoms with Crippen molar-refractivity contribution >= 4 is 5.96 Å². The van der Waals surface area contributed by atoms with E-state index in [2.05, 4.69) is 34.4 Å². The van der Waals surface area contributed by atoms with Crippen LogP contribution in [-0.2, 0) is 17.5 Å². The molecular weight excluding hydrogens is 357 g/mol. The molecule has 1 aromatic rings. The summed E-state index contributed by atoms with van der Waals surface area (Å²) in [5.74, 6) is 1.22. The first-order chi connectivity index (χ1) is 12.8. The van der Waals surface area contributed by atoms with Crippen molar-refractivity contribution in [3.8, 4) is 0 Å². The Hall–Kier alpha value is -1.80. The minimum Gasteiger partial charge on any atom is -0.374 e. The number of guanidine groups is 1. The summed E-state index contributed by atoms with van der Waals surface area (Å²) in [6.45, 7) is 9.03. The number of alkyl halides is 3. The molecule has 0 saturated carbocycles. The van der Waals surface area contributed by atoms with Crippen LogP contribution in [0.15, 0.2) is 29.3 Å². The van der Waals surface area contributed by atoms with Crippen LogP contribution in [-0.4, -0.2) is 56.8 Å². The van der Waals surface area contributed by atoms with Gasteiger partial charge in [-0.3, -0.25) is 9.89 Å². The van der Waals surface area contributed by atoms with Gasteiger partial charge in [0.05, 0.1) is 18.3 Å². The zero-order valence-electron chi connectivity index (χ0n) is 16.1. The van der Waals surface area contributed by atoms with Crippen molar-refractivity contribution in [2.75, 3.05) is 39.8 Å². The number of nitrogens with one attached hydrogen (secondary N) is 2. The Bertz CT molecular complexity index is 602. The van der Waals surface area contributed by atoms with Crippen LogP contribution in [0.1, 0.15) is 25.0 Å². The number of aliphatic imine (C=N–C) groups is 1. The Morgan fingerprint density at radius 2 is 1.96 bits per heavy atom. The first-order valence-corrected chi connectivity index (χ1v) is 9.22. The molecule has 1 atom stereocenters. The van der Waals surface area contributed by atoms with Gasteiger partial charge < -0.3 is 15.4 Å². The van der Waals surface area contributed by atoms with E-state index in [1.54, 1.807) is 7.05 Å². The van der Waals surface area contributed by atoms with E-state index < -0.39 is 11.7 Å². The van der Waals surface area contributed by atoms with Gasteiger partial charge in [-0.05, 0) is 23.6 Å². The minimum atomic E-state index is -4.31. The van der Waals surface area contributed by atoms with E-state index in [1.807, 2.05) is 0 Å². The van der Waals surface area contributed by atoms with Gasteiger partial charge in [-0.2, -0.15) is 13.2 Å². The van der Waals surface area contributed by atoms with Crippen LogP contribution in [0.2, 0.25) is 0 Å². The summed E-state index contributed by atoms with van der Waals surface area (Å²) in [6.07, 6.45) is -4.23. The van der Waals surface area contributed by atoms with Crippen molar-refractivity contribution in [1.82, 2.24) is 15.5 Å². The predicted octanol–water partition coefficient (Wildman–Crippen LogP) is 2.73. The van der Waals surface area contributed by atoms with Crippen LogP contribution in [0.4, 0.5) is 13.2 Å². The third-order valence-corrected chi connectivity index (χ3v) is 4.31. The fourth-order valence-electron chi connectivity index (χ4n) is 3.01. The second kappa shape index (κ2) is 9.94. The second-order valence-corrected chi connectivity index (χ2v) is 7.15. The van der Waals surface area contributed by atoms with Crippen molar-refractivity contribution in [1.29, 1.82) is 0 Å². The van der Waals surface area contributed by atoms with Gasteiger partial charge in [-0.15, -0.1) is 0 Å². The highest BCUT2D eigenvalue weighted by molar-refractivity contribution is 5.79. The van der Waals surface area contributed by atoms with E-state index in [9.17, 15) is 13.2 Å². The van der Waals surface area contributed by atoms with Gasteiger partial charge in [-0.25, -0.2) is 0 Å².